The van der Waals surface area contributed by atoms with E-state index in [0.29, 0.717) is 19.3 Å². The van der Waals surface area contributed by atoms with Crippen LogP contribution in [0.3, 0.4) is 0 Å². The molecule has 2 fully saturated rings. The lowest BCUT2D eigenvalue weighted by Crippen LogP contribution is -2.31. The zero-order chi connectivity index (χ0) is 19.5. The number of aliphatic hydroxyl groups is 4. The van der Waals surface area contributed by atoms with Gasteiger partial charge in [0.05, 0.1) is 18.3 Å². The molecule has 1 heterocycles. The first-order valence-corrected chi connectivity index (χ1v) is 11.0. The molecule has 2 aliphatic rings. The van der Waals surface area contributed by atoms with Gasteiger partial charge in [-0.05, 0) is 69.6 Å². The maximum atomic E-state index is 10.6. The lowest BCUT2D eigenvalue weighted by atomic mass is 9.85. The van der Waals surface area contributed by atoms with Crippen LogP contribution in [0.5, 0.6) is 0 Å². The van der Waals surface area contributed by atoms with E-state index >= 15 is 0 Å². The zero-order valence-corrected chi connectivity index (χ0v) is 16.7. The highest BCUT2D eigenvalue weighted by Gasteiger charge is 2.43. The standard InChI is InChI=1S/C21H40O6/c22-12-4-1-2-7-16(24)10-11-17-18(8-6-13-23)20(15-19(17)25)27-21-9-3-5-14-26-21/h16-25H,1-15H2/t16?,17-,18-,19-,20+,21?/m1/s1. The molecule has 0 radical (unpaired) electrons. The molecule has 0 spiro atoms. The first kappa shape index (κ1) is 23.0. The Morgan fingerprint density at radius 1 is 0.926 bits per heavy atom. The number of aliphatic hydroxyl groups excluding tert-OH is 4. The summed E-state index contributed by atoms with van der Waals surface area (Å²) in [5.74, 6) is 0.316. The number of ether oxygens (including phenoxy) is 2. The molecule has 1 aliphatic carbocycles. The highest BCUT2D eigenvalue weighted by Crippen LogP contribution is 2.41. The third-order valence-electron chi connectivity index (χ3n) is 6.18. The van der Waals surface area contributed by atoms with Crippen LogP contribution in [0.4, 0.5) is 0 Å². The molecule has 6 nitrogen and oxygen atoms in total. The smallest absolute Gasteiger partial charge is 0.157 e. The van der Waals surface area contributed by atoms with Crippen molar-refractivity contribution in [1.82, 2.24) is 0 Å². The Balaban J connectivity index is 1.82. The zero-order valence-electron chi connectivity index (χ0n) is 16.7. The van der Waals surface area contributed by atoms with Crippen LogP contribution >= 0.6 is 0 Å². The minimum atomic E-state index is -0.413. The molecule has 6 heteroatoms. The van der Waals surface area contributed by atoms with Crippen molar-refractivity contribution in [2.45, 2.75) is 102 Å². The van der Waals surface area contributed by atoms with Gasteiger partial charge in [0.25, 0.3) is 0 Å². The summed E-state index contributed by atoms with van der Waals surface area (Å²) >= 11 is 0. The van der Waals surface area contributed by atoms with Gasteiger partial charge in [-0.2, -0.15) is 0 Å². The minimum absolute atomic E-state index is 0.0265. The van der Waals surface area contributed by atoms with E-state index in [2.05, 4.69) is 0 Å². The number of hydrogen-bond donors (Lipinski definition) is 4. The first-order valence-electron chi connectivity index (χ1n) is 11.0. The van der Waals surface area contributed by atoms with Gasteiger partial charge in [-0.25, -0.2) is 0 Å². The van der Waals surface area contributed by atoms with E-state index in [4.69, 9.17) is 14.6 Å². The van der Waals surface area contributed by atoms with Crippen LogP contribution in [0, 0.1) is 11.8 Å². The van der Waals surface area contributed by atoms with Crippen LogP contribution in [0.1, 0.15) is 77.0 Å². The summed E-state index contributed by atoms with van der Waals surface area (Å²) in [4.78, 5) is 0. The normalized spacial score (nSPS) is 32.7. The first-order chi connectivity index (χ1) is 13.2. The Labute approximate surface area is 163 Å². The SMILES string of the molecule is OCCCCCC(O)CC[C@@H]1[C@@H](CCCO)[C@@H](OC2CCCCO2)C[C@H]1O. The maximum absolute atomic E-state index is 10.6. The molecule has 0 bridgehead atoms. The molecule has 1 aliphatic heterocycles. The van der Waals surface area contributed by atoms with Crippen molar-refractivity contribution in [2.75, 3.05) is 19.8 Å². The van der Waals surface area contributed by atoms with E-state index < -0.39 is 6.10 Å². The Morgan fingerprint density at radius 2 is 1.74 bits per heavy atom. The van der Waals surface area contributed by atoms with E-state index in [1.54, 1.807) is 0 Å². The summed E-state index contributed by atoms with van der Waals surface area (Å²) in [7, 11) is 0. The molecule has 2 unspecified atom stereocenters. The lowest BCUT2D eigenvalue weighted by Gasteiger charge is -2.30. The molecule has 0 aromatic carbocycles. The van der Waals surface area contributed by atoms with Gasteiger partial charge in [-0.3, -0.25) is 0 Å². The Morgan fingerprint density at radius 3 is 2.44 bits per heavy atom. The lowest BCUT2D eigenvalue weighted by molar-refractivity contribution is -0.196. The summed E-state index contributed by atoms with van der Waals surface area (Å²) in [5.41, 5.74) is 0. The number of hydrogen-bond acceptors (Lipinski definition) is 6. The van der Waals surface area contributed by atoms with E-state index in [-0.39, 0.29) is 43.5 Å². The monoisotopic (exact) mass is 388 g/mol. The van der Waals surface area contributed by atoms with Crippen LogP contribution in [0.25, 0.3) is 0 Å². The molecular weight excluding hydrogens is 348 g/mol. The Kier molecular flexibility index (Phi) is 11.2. The minimum Gasteiger partial charge on any atom is -0.396 e. The second-order valence-electron chi connectivity index (χ2n) is 8.27. The fourth-order valence-corrected chi connectivity index (χ4v) is 4.65. The molecule has 1 saturated carbocycles. The Hall–Kier alpha value is -0.240. The van der Waals surface area contributed by atoms with Crippen LogP contribution in [0.2, 0.25) is 0 Å². The summed E-state index contributed by atoms with van der Waals surface area (Å²) in [5, 5.41) is 39.0. The van der Waals surface area contributed by atoms with Gasteiger partial charge in [0, 0.05) is 26.2 Å². The second kappa shape index (κ2) is 13.1. The molecule has 6 atom stereocenters. The average Bonchev–Trinajstić information content (AvgIpc) is 2.96. The van der Waals surface area contributed by atoms with E-state index in [9.17, 15) is 15.3 Å². The third-order valence-corrected chi connectivity index (χ3v) is 6.18. The van der Waals surface area contributed by atoms with Crippen molar-refractivity contribution >= 4 is 0 Å². The van der Waals surface area contributed by atoms with Crippen molar-refractivity contribution in [3.63, 3.8) is 0 Å². The van der Waals surface area contributed by atoms with Crippen LogP contribution in [-0.4, -0.2) is 64.8 Å². The van der Waals surface area contributed by atoms with Gasteiger partial charge in [-0.15, -0.1) is 0 Å². The number of unbranched alkanes of at least 4 members (excludes halogenated alkanes) is 2. The maximum Gasteiger partial charge on any atom is 0.157 e. The van der Waals surface area contributed by atoms with Crippen molar-refractivity contribution in [2.24, 2.45) is 11.8 Å². The van der Waals surface area contributed by atoms with Gasteiger partial charge in [0.2, 0.25) is 0 Å². The molecule has 1 saturated heterocycles. The van der Waals surface area contributed by atoms with E-state index in [1.165, 1.54) is 0 Å². The van der Waals surface area contributed by atoms with E-state index in [0.717, 1.165) is 64.4 Å². The molecule has 2 rings (SSSR count). The highest BCUT2D eigenvalue weighted by molar-refractivity contribution is 4.92. The predicted octanol–water partition coefficient (Wildman–Crippen LogP) is 2.36. The van der Waals surface area contributed by atoms with Crippen molar-refractivity contribution in [3.05, 3.63) is 0 Å². The van der Waals surface area contributed by atoms with E-state index in [1.807, 2.05) is 0 Å². The largest absolute Gasteiger partial charge is 0.396 e. The van der Waals surface area contributed by atoms with Gasteiger partial charge < -0.3 is 29.9 Å². The third kappa shape index (κ3) is 7.95. The van der Waals surface area contributed by atoms with Gasteiger partial charge in [0.15, 0.2) is 6.29 Å². The molecule has 0 aromatic rings. The quantitative estimate of drug-likeness (QED) is 0.362. The second-order valence-corrected chi connectivity index (χ2v) is 8.27. The fraction of sp³-hybridized carbons (Fsp3) is 1.00. The number of rotatable bonds is 13. The Bertz CT molecular complexity index is 374. The van der Waals surface area contributed by atoms with Crippen LogP contribution in [0.15, 0.2) is 0 Å². The van der Waals surface area contributed by atoms with Crippen LogP contribution < -0.4 is 0 Å². The van der Waals surface area contributed by atoms with Gasteiger partial charge >= 0.3 is 0 Å². The van der Waals surface area contributed by atoms with Gasteiger partial charge in [-0.1, -0.05) is 12.8 Å². The van der Waals surface area contributed by atoms with Crippen molar-refractivity contribution in [3.8, 4) is 0 Å². The molecule has 0 aromatic heterocycles. The summed E-state index contributed by atoms with van der Waals surface area (Å²) in [6, 6.07) is 0. The predicted molar refractivity (Wildman–Crippen MR) is 103 cm³/mol. The molecular formula is C21H40O6. The molecule has 27 heavy (non-hydrogen) atoms. The summed E-state index contributed by atoms with van der Waals surface area (Å²) in [6.07, 6.45) is 9.20. The van der Waals surface area contributed by atoms with Crippen molar-refractivity contribution < 1.29 is 29.9 Å². The van der Waals surface area contributed by atoms with Crippen LogP contribution in [-0.2, 0) is 9.47 Å². The average molecular weight is 389 g/mol. The summed E-state index contributed by atoms with van der Waals surface area (Å²) < 4.78 is 11.9. The highest BCUT2D eigenvalue weighted by atomic mass is 16.7. The molecule has 160 valence electrons. The summed E-state index contributed by atoms with van der Waals surface area (Å²) in [6.45, 7) is 1.11. The van der Waals surface area contributed by atoms with Gasteiger partial charge in [0.1, 0.15) is 0 Å². The molecule has 4 N–H and O–H groups in total. The molecule has 0 amide bonds. The topological polar surface area (TPSA) is 99.4 Å². The van der Waals surface area contributed by atoms with Crippen molar-refractivity contribution in [1.29, 1.82) is 0 Å². The fourth-order valence-electron chi connectivity index (χ4n) is 4.65.